The number of nitrogens with zero attached hydrogens (tertiary/aromatic N) is 4. The van der Waals surface area contributed by atoms with Crippen molar-refractivity contribution in [2.24, 2.45) is 0 Å². The first-order chi connectivity index (χ1) is 16.9. The van der Waals surface area contributed by atoms with E-state index < -0.39 is 0 Å². The van der Waals surface area contributed by atoms with E-state index in [9.17, 15) is 20.1 Å². The number of benzene rings is 1. The number of nitriles is 2. The molecule has 1 fully saturated rings. The minimum Gasteiger partial charge on any atom is -0.355 e. The summed E-state index contributed by atoms with van der Waals surface area (Å²) in [4.78, 5) is 29.4. The molecule has 3 rings (SSSR count). The first kappa shape index (κ1) is 26.1. The molecule has 9 heteroatoms. The van der Waals surface area contributed by atoms with Crippen LogP contribution in [0.1, 0.15) is 61.4 Å². The summed E-state index contributed by atoms with van der Waals surface area (Å²) in [5.41, 5.74) is 3.76. The number of rotatable bonds is 8. The predicted octanol–water partition coefficient (Wildman–Crippen LogP) is 3.42. The summed E-state index contributed by atoms with van der Waals surface area (Å²) in [6, 6.07) is 12.7. The Morgan fingerprint density at radius 1 is 1.06 bits per heavy atom. The quantitative estimate of drug-likeness (QED) is 0.544. The molecule has 0 radical (unpaired) electrons. The molecule has 2 heterocycles. The first-order valence-electron chi connectivity index (χ1n) is 11.7. The van der Waals surface area contributed by atoms with Crippen molar-refractivity contribution in [2.75, 3.05) is 18.0 Å². The van der Waals surface area contributed by atoms with Crippen LogP contribution in [0.2, 0.25) is 0 Å². The minimum absolute atomic E-state index is 0.0345. The zero-order chi connectivity index (χ0) is 25.4. The van der Waals surface area contributed by atoms with Crippen LogP contribution >= 0.6 is 11.8 Å². The van der Waals surface area contributed by atoms with Crippen molar-refractivity contribution < 1.29 is 9.59 Å². The standard InChI is InChI=1S/C26H30N6O2S/c1-4-22-23(13-27)25(32-11-9-21(10-12-32)30-18(3)34)31-26(24(22)14-28)35-16-20-7-5-19(6-8-20)15-29-17(2)33/h5-8,21H,4,9-12,15-16H2,1-3H3,(H,29,33)(H,30,34). The van der Waals surface area contributed by atoms with Crippen molar-refractivity contribution in [2.45, 2.75) is 63.4 Å². The molecule has 0 spiro atoms. The molecule has 0 atom stereocenters. The van der Waals surface area contributed by atoms with Crippen molar-refractivity contribution >= 4 is 29.4 Å². The van der Waals surface area contributed by atoms with E-state index in [1.165, 1.54) is 25.6 Å². The van der Waals surface area contributed by atoms with Gasteiger partial charge in [0.25, 0.3) is 0 Å². The molecule has 0 saturated carbocycles. The van der Waals surface area contributed by atoms with Gasteiger partial charge in [-0.25, -0.2) is 4.98 Å². The average Bonchev–Trinajstić information content (AvgIpc) is 2.85. The SMILES string of the molecule is CCc1c(C#N)c(SCc2ccc(CNC(C)=O)cc2)nc(N2CCC(NC(C)=O)CC2)c1C#N. The van der Waals surface area contributed by atoms with E-state index in [1.807, 2.05) is 31.2 Å². The molecule has 0 bridgehead atoms. The smallest absolute Gasteiger partial charge is 0.217 e. The van der Waals surface area contributed by atoms with Gasteiger partial charge in [-0.05, 0) is 36.0 Å². The lowest BCUT2D eigenvalue weighted by Gasteiger charge is -2.34. The number of pyridine rings is 1. The molecule has 35 heavy (non-hydrogen) atoms. The summed E-state index contributed by atoms with van der Waals surface area (Å²) in [7, 11) is 0. The Morgan fingerprint density at radius 2 is 1.69 bits per heavy atom. The highest BCUT2D eigenvalue weighted by Crippen LogP contribution is 2.34. The van der Waals surface area contributed by atoms with E-state index in [0.29, 0.717) is 53.8 Å². The molecule has 1 aliphatic rings. The number of thioether (sulfide) groups is 1. The predicted molar refractivity (Wildman–Crippen MR) is 136 cm³/mol. The summed E-state index contributed by atoms with van der Waals surface area (Å²) in [6.45, 7) is 6.82. The molecule has 0 aliphatic carbocycles. The molecular formula is C26H30N6O2S. The van der Waals surface area contributed by atoms with Gasteiger partial charge >= 0.3 is 0 Å². The van der Waals surface area contributed by atoms with Gasteiger partial charge in [-0.15, -0.1) is 11.8 Å². The fourth-order valence-corrected chi connectivity index (χ4v) is 5.13. The van der Waals surface area contributed by atoms with Gasteiger partial charge in [0, 0.05) is 45.3 Å². The number of anilines is 1. The summed E-state index contributed by atoms with van der Waals surface area (Å²) in [6.07, 6.45) is 2.12. The number of carbonyl (C=O) groups is 2. The summed E-state index contributed by atoms with van der Waals surface area (Å²) < 4.78 is 0. The van der Waals surface area contributed by atoms with Gasteiger partial charge in [0.1, 0.15) is 23.0 Å². The zero-order valence-electron chi connectivity index (χ0n) is 20.4. The van der Waals surface area contributed by atoms with Crippen LogP contribution in [-0.2, 0) is 28.3 Å². The van der Waals surface area contributed by atoms with Crippen molar-refractivity contribution in [3.8, 4) is 12.1 Å². The van der Waals surface area contributed by atoms with Crippen molar-refractivity contribution in [1.29, 1.82) is 10.5 Å². The second kappa shape index (κ2) is 12.2. The van der Waals surface area contributed by atoms with Gasteiger partial charge in [-0.1, -0.05) is 31.2 Å². The van der Waals surface area contributed by atoms with E-state index in [0.717, 1.165) is 29.5 Å². The minimum atomic E-state index is -0.0672. The molecular weight excluding hydrogens is 460 g/mol. The maximum Gasteiger partial charge on any atom is 0.217 e. The third-order valence-electron chi connectivity index (χ3n) is 5.97. The molecule has 2 amide bonds. The number of nitrogens with one attached hydrogen (secondary N) is 2. The van der Waals surface area contributed by atoms with Crippen LogP contribution in [-0.4, -0.2) is 35.9 Å². The molecule has 1 aromatic carbocycles. The van der Waals surface area contributed by atoms with Crippen molar-refractivity contribution in [3.05, 3.63) is 52.1 Å². The maximum absolute atomic E-state index is 11.4. The largest absolute Gasteiger partial charge is 0.355 e. The molecule has 0 unspecified atom stereocenters. The Kier molecular flexibility index (Phi) is 9.11. The number of carbonyl (C=O) groups excluding carboxylic acids is 2. The number of piperidine rings is 1. The number of amides is 2. The van der Waals surface area contributed by atoms with Crippen molar-refractivity contribution in [3.63, 3.8) is 0 Å². The molecule has 1 saturated heterocycles. The van der Waals surface area contributed by atoms with Gasteiger partial charge in [-0.2, -0.15) is 10.5 Å². The lowest BCUT2D eigenvalue weighted by atomic mass is 10.00. The number of aromatic nitrogens is 1. The normalized spacial score (nSPS) is 13.6. The third kappa shape index (κ3) is 6.74. The maximum atomic E-state index is 11.4. The van der Waals surface area contributed by atoms with Gasteiger partial charge in [0.15, 0.2) is 0 Å². The molecule has 1 aromatic heterocycles. The molecule has 8 nitrogen and oxygen atoms in total. The van der Waals surface area contributed by atoms with Gasteiger partial charge in [0.05, 0.1) is 11.1 Å². The Hall–Kier alpha value is -3.56. The van der Waals surface area contributed by atoms with E-state index in [4.69, 9.17) is 4.98 Å². The summed E-state index contributed by atoms with van der Waals surface area (Å²) in [5, 5.41) is 26.2. The van der Waals surface area contributed by atoms with Crippen LogP contribution in [0, 0.1) is 22.7 Å². The zero-order valence-corrected chi connectivity index (χ0v) is 21.2. The highest BCUT2D eigenvalue weighted by Gasteiger charge is 2.26. The van der Waals surface area contributed by atoms with Gasteiger partial charge in [0.2, 0.25) is 11.8 Å². The van der Waals surface area contributed by atoms with Crippen LogP contribution in [0.3, 0.4) is 0 Å². The molecule has 2 N–H and O–H groups in total. The third-order valence-corrected chi connectivity index (χ3v) is 7.01. The number of hydrogen-bond donors (Lipinski definition) is 2. The Labute approximate surface area is 210 Å². The van der Waals surface area contributed by atoms with E-state index in [2.05, 4.69) is 27.7 Å². The summed E-state index contributed by atoms with van der Waals surface area (Å²) in [5.74, 6) is 1.15. The van der Waals surface area contributed by atoms with Crippen LogP contribution in [0.25, 0.3) is 0 Å². The Balaban J connectivity index is 1.82. The number of hydrogen-bond acceptors (Lipinski definition) is 7. The Morgan fingerprint density at radius 3 is 2.23 bits per heavy atom. The fourth-order valence-electron chi connectivity index (χ4n) is 4.17. The van der Waals surface area contributed by atoms with E-state index >= 15 is 0 Å². The van der Waals surface area contributed by atoms with Gasteiger partial charge in [-0.3, -0.25) is 9.59 Å². The van der Waals surface area contributed by atoms with Gasteiger partial charge < -0.3 is 15.5 Å². The lowest BCUT2D eigenvalue weighted by Crippen LogP contribution is -2.44. The monoisotopic (exact) mass is 490 g/mol. The lowest BCUT2D eigenvalue weighted by molar-refractivity contribution is -0.120. The van der Waals surface area contributed by atoms with Crippen molar-refractivity contribution in [1.82, 2.24) is 15.6 Å². The second-order valence-electron chi connectivity index (χ2n) is 8.52. The van der Waals surface area contributed by atoms with Crippen LogP contribution in [0.5, 0.6) is 0 Å². The first-order valence-corrected chi connectivity index (χ1v) is 12.7. The highest BCUT2D eigenvalue weighted by molar-refractivity contribution is 7.98. The van der Waals surface area contributed by atoms with Crippen LogP contribution in [0.4, 0.5) is 5.82 Å². The van der Waals surface area contributed by atoms with Crippen LogP contribution in [0.15, 0.2) is 29.3 Å². The molecule has 1 aliphatic heterocycles. The molecule has 2 aromatic rings. The second-order valence-corrected chi connectivity index (χ2v) is 9.49. The van der Waals surface area contributed by atoms with Crippen LogP contribution < -0.4 is 15.5 Å². The molecule has 182 valence electrons. The van der Waals surface area contributed by atoms with E-state index in [-0.39, 0.29) is 17.9 Å². The fraction of sp³-hybridized carbons (Fsp3) is 0.423. The average molecular weight is 491 g/mol. The topological polar surface area (TPSA) is 122 Å². The summed E-state index contributed by atoms with van der Waals surface area (Å²) >= 11 is 1.49. The highest BCUT2D eigenvalue weighted by atomic mass is 32.2. The van der Waals surface area contributed by atoms with E-state index in [1.54, 1.807) is 0 Å². The Bertz CT molecular complexity index is 1160.